The van der Waals surface area contributed by atoms with Crippen LogP contribution < -0.4 is 5.73 Å². The maximum atomic E-state index is 5.45. The number of hydrogen-bond acceptors (Lipinski definition) is 3. The normalized spacial score (nSPS) is 10.6. The van der Waals surface area contributed by atoms with Gasteiger partial charge in [-0.2, -0.15) is 0 Å². The molecule has 3 N–H and O–H groups in total. The second-order valence-electron chi connectivity index (χ2n) is 3.11. The van der Waals surface area contributed by atoms with E-state index in [0.717, 1.165) is 19.4 Å². The van der Waals surface area contributed by atoms with Crippen LogP contribution in [-0.4, -0.2) is 16.5 Å². The molecule has 3 nitrogen and oxygen atoms in total. The molecule has 0 saturated carbocycles. The first-order valence-electron chi connectivity index (χ1n) is 4.68. The average molecular weight is 207 g/mol. The van der Waals surface area contributed by atoms with Gasteiger partial charge in [-0.25, -0.2) is 4.98 Å². The van der Waals surface area contributed by atoms with Crippen molar-refractivity contribution in [1.82, 2.24) is 9.97 Å². The van der Waals surface area contributed by atoms with Crippen LogP contribution in [0.3, 0.4) is 0 Å². The van der Waals surface area contributed by atoms with E-state index in [9.17, 15) is 0 Å². The van der Waals surface area contributed by atoms with E-state index in [1.54, 1.807) is 11.3 Å². The Kier molecular flexibility index (Phi) is 2.96. The van der Waals surface area contributed by atoms with Crippen LogP contribution in [0.25, 0.3) is 10.4 Å². The summed E-state index contributed by atoms with van der Waals surface area (Å²) in [6.45, 7) is 0.735. The fourth-order valence-corrected chi connectivity index (χ4v) is 2.25. The van der Waals surface area contributed by atoms with Crippen LogP contribution in [-0.2, 0) is 6.42 Å². The van der Waals surface area contributed by atoms with Crippen molar-refractivity contribution in [2.45, 2.75) is 12.8 Å². The van der Waals surface area contributed by atoms with Crippen LogP contribution in [0.4, 0.5) is 0 Å². The molecule has 4 heteroatoms. The average Bonchev–Trinajstić information content (AvgIpc) is 2.85. The van der Waals surface area contributed by atoms with Crippen molar-refractivity contribution in [3.8, 4) is 10.4 Å². The summed E-state index contributed by atoms with van der Waals surface area (Å²) in [5.41, 5.74) is 6.66. The Bertz CT molecular complexity index is 378. The van der Waals surface area contributed by atoms with E-state index in [0.29, 0.717) is 0 Å². The summed E-state index contributed by atoms with van der Waals surface area (Å²) >= 11 is 1.74. The Morgan fingerprint density at radius 1 is 1.50 bits per heavy atom. The predicted octanol–water partition coefficient (Wildman–Crippen LogP) is 2.03. The van der Waals surface area contributed by atoms with E-state index in [1.807, 2.05) is 18.6 Å². The Labute approximate surface area is 87.0 Å². The summed E-state index contributed by atoms with van der Waals surface area (Å²) in [7, 11) is 0. The second-order valence-corrected chi connectivity index (χ2v) is 4.23. The summed E-state index contributed by atoms with van der Waals surface area (Å²) in [5.74, 6) is 0. The molecule has 0 fully saturated rings. The van der Waals surface area contributed by atoms with E-state index in [4.69, 9.17) is 5.73 Å². The Balaban J connectivity index is 2.10. The third-order valence-electron chi connectivity index (χ3n) is 2.03. The van der Waals surface area contributed by atoms with Crippen LogP contribution >= 0.6 is 11.3 Å². The SMILES string of the molecule is NCCCc1ncc(-c2cc[nH]c2)s1. The van der Waals surface area contributed by atoms with Crippen molar-refractivity contribution in [1.29, 1.82) is 0 Å². The molecule has 2 aromatic rings. The Hall–Kier alpha value is -1.13. The number of nitrogens with one attached hydrogen (secondary N) is 1. The zero-order valence-corrected chi connectivity index (χ0v) is 8.68. The summed E-state index contributed by atoms with van der Waals surface area (Å²) in [4.78, 5) is 8.62. The van der Waals surface area contributed by atoms with Crippen LogP contribution in [0.5, 0.6) is 0 Å². The van der Waals surface area contributed by atoms with E-state index >= 15 is 0 Å². The van der Waals surface area contributed by atoms with Crippen LogP contribution in [0.2, 0.25) is 0 Å². The van der Waals surface area contributed by atoms with Gasteiger partial charge in [0.1, 0.15) is 0 Å². The molecule has 74 valence electrons. The molecule has 2 heterocycles. The lowest BCUT2D eigenvalue weighted by Gasteiger charge is -1.91. The smallest absolute Gasteiger partial charge is 0.0931 e. The van der Waals surface area contributed by atoms with Gasteiger partial charge < -0.3 is 10.7 Å². The molecule has 0 spiro atoms. The molecule has 0 atom stereocenters. The maximum absolute atomic E-state index is 5.45. The van der Waals surface area contributed by atoms with E-state index in [2.05, 4.69) is 16.0 Å². The minimum absolute atomic E-state index is 0.735. The molecule has 0 bridgehead atoms. The van der Waals surface area contributed by atoms with Crippen molar-refractivity contribution >= 4 is 11.3 Å². The molecule has 0 aliphatic rings. The van der Waals surface area contributed by atoms with Crippen molar-refractivity contribution < 1.29 is 0 Å². The number of rotatable bonds is 4. The van der Waals surface area contributed by atoms with Crippen LogP contribution in [0, 0.1) is 0 Å². The molecule has 0 unspecified atom stereocenters. The fraction of sp³-hybridized carbons (Fsp3) is 0.300. The summed E-state index contributed by atoms with van der Waals surface area (Å²) < 4.78 is 0. The molecule has 0 aliphatic carbocycles. The Morgan fingerprint density at radius 3 is 3.14 bits per heavy atom. The summed E-state index contributed by atoms with van der Waals surface area (Å²) in [6.07, 6.45) is 7.85. The highest BCUT2D eigenvalue weighted by atomic mass is 32.1. The van der Waals surface area contributed by atoms with Gasteiger partial charge in [-0.3, -0.25) is 0 Å². The number of aryl methyl sites for hydroxylation is 1. The highest BCUT2D eigenvalue weighted by Crippen LogP contribution is 2.25. The number of aromatic nitrogens is 2. The van der Waals surface area contributed by atoms with E-state index in [1.165, 1.54) is 15.4 Å². The molecule has 14 heavy (non-hydrogen) atoms. The number of thiazole rings is 1. The molecule has 0 aromatic carbocycles. The van der Waals surface area contributed by atoms with Gasteiger partial charge in [0.15, 0.2) is 0 Å². The minimum Gasteiger partial charge on any atom is -0.367 e. The van der Waals surface area contributed by atoms with Crippen molar-refractivity contribution in [3.05, 3.63) is 29.7 Å². The third kappa shape index (κ3) is 2.02. The van der Waals surface area contributed by atoms with Crippen molar-refractivity contribution in [2.24, 2.45) is 5.73 Å². The van der Waals surface area contributed by atoms with Gasteiger partial charge in [0.2, 0.25) is 0 Å². The van der Waals surface area contributed by atoms with Gasteiger partial charge in [0.25, 0.3) is 0 Å². The predicted molar refractivity (Wildman–Crippen MR) is 59.3 cm³/mol. The molecule has 0 saturated heterocycles. The quantitative estimate of drug-likeness (QED) is 0.806. The molecular formula is C10H13N3S. The van der Waals surface area contributed by atoms with Crippen molar-refractivity contribution in [2.75, 3.05) is 6.54 Å². The maximum Gasteiger partial charge on any atom is 0.0931 e. The van der Waals surface area contributed by atoms with Gasteiger partial charge in [0.05, 0.1) is 9.88 Å². The van der Waals surface area contributed by atoms with Gasteiger partial charge in [-0.1, -0.05) is 0 Å². The zero-order chi connectivity index (χ0) is 9.80. The third-order valence-corrected chi connectivity index (χ3v) is 3.14. The molecule has 0 aliphatic heterocycles. The molecular weight excluding hydrogens is 194 g/mol. The van der Waals surface area contributed by atoms with Crippen LogP contribution in [0.15, 0.2) is 24.7 Å². The number of nitrogens with two attached hydrogens (primary N) is 1. The molecule has 0 amide bonds. The zero-order valence-electron chi connectivity index (χ0n) is 7.86. The van der Waals surface area contributed by atoms with Gasteiger partial charge in [0, 0.05) is 30.6 Å². The first-order valence-corrected chi connectivity index (χ1v) is 5.50. The lowest BCUT2D eigenvalue weighted by atomic mass is 10.3. The largest absolute Gasteiger partial charge is 0.367 e. The number of hydrogen-bond donors (Lipinski definition) is 2. The summed E-state index contributed by atoms with van der Waals surface area (Å²) in [6, 6.07) is 2.06. The second kappa shape index (κ2) is 4.39. The van der Waals surface area contributed by atoms with Crippen LogP contribution in [0.1, 0.15) is 11.4 Å². The topological polar surface area (TPSA) is 54.7 Å². The first-order chi connectivity index (χ1) is 6.90. The number of H-pyrrole nitrogens is 1. The summed E-state index contributed by atoms with van der Waals surface area (Å²) in [5, 5.41) is 1.17. The monoisotopic (exact) mass is 207 g/mol. The molecule has 2 rings (SSSR count). The minimum atomic E-state index is 0.735. The Morgan fingerprint density at radius 2 is 2.43 bits per heavy atom. The number of aromatic amines is 1. The first kappa shape index (κ1) is 9.43. The van der Waals surface area contributed by atoms with E-state index in [-0.39, 0.29) is 0 Å². The van der Waals surface area contributed by atoms with Gasteiger partial charge in [-0.15, -0.1) is 11.3 Å². The standard InChI is InChI=1S/C10H13N3S/c11-4-1-2-10-13-7-9(14-10)8-3-5-12-6-8/h3,5-7,12H,1-2,4,11H2. The molecule has 2 aromatic heterocycles. The lowest BCUT2D eigenvalue weighted by molar-refractivity contribution is 0.826. The van der Waals surface area contributed by atoms with Crippen molar-refractivity contribution in [3.63, 3.8) is 0 Å². The lowest BCUT2D eigenvalue weighted by Crippen LogP contribution is -1.99. The van der Waals surface area contributed by atoms with E-state index < -0.39 is 0 Å². The highest BCUT2D eigenvalue weighted by Gasteiger charge is 2.03. The highest BCUT2D eigenvalue weighted by molar-refractivity contribution is 7.15. The molecule has 0 radical (unpaired) electrons. The number of nitrogens with zero attached hydrogens (tertiary/aromatic N) is 1. The fourth-order valence-electron chi connectivity index (χ4n) is 1.29. The van der Waals surface area contributed by atoms with Gasteiger partial charge >= 0.3 is 0 Å². The van der Waals surface area contributed by atoms with Gasteiger partial charge in [-0.05, 0) is 19.0 Å².